The van der Waals surface area contributed by atoms with Gasteiger partial charge in [0.15, 0.2) is 0 Å². The first-order chi connectivity index (χ1) is 10.4. The number of H-pyrrole nitrogens is 1. The fraction of sp³-hybridized carbons (Fsp3) is 0.556. The van der Waals surface area contributed by atoms with Crippen LogP contribution in [0.5, 0.6) is 0 Å². The molecule has 1 aromatic heterocycles. The van der Waals surface area contributed by atoms with E-state index in [0.717, 1.165) is 6.54 Å². The van der Waals surface area contributed by atoms with Gasteiger partial charge in [-0.3, -0.25) is 0 Å². The maximum atomic E-state index is 3.72. The summed E-state index contributed by atoms with van der Waals surface area (Å²) in [7, 11) is 0. The lowest BCUT2D eigenvalue weighted by atomic mass is 9.96. The van der Waals surface area contributed by atoms with Crippen LogP contribution in [0.1, 0.15) is 45.4 Å². The number of fused-ring (bicyclic) bond motifs is 1. The second-order valence-electron chi connectivity index (χ2n) is 6.03. The summed E-state index contributed by atoms with van der Waals surface area (Å²) in [6.07, 6.45) is 8.22. The van der Waals surface area contributed by atoms with Gasteiger partial charge >= 0.3 is 0 Å². The monoisotopic (exact) mass is 302 g/mol. The predicted octanol–water partition coefficient (Wildman–Crippen LogP) is 4.96. The SMILES string of the molecule is CCNC1CCCCCCC1Sc1cc2ccccc2[nH]1. The van der Waals surface area contributed by atoms with Crippen LogP contribution in [0.15, 0.2) is 35.4 Å². The average molecular weight is 302 g/mol. The Balaban J connectivity index is 1.75. The Hall–Kier alpha value is -0.930. The predicted molar refractivity (Wildman–Crippen MR) is 93.1 cm³/mol. The van der Waals surface area contributed by atoms with E-state index in [2.05, 4.69) is 47.6 Å². The van der Waals surface area contributed by atoms with Gasteiger partial charge in [0.1, 0.15) is 0 Å². The Morgan fingerprint density at radius 1 is 1.14 bits per heavy atom. The molecule has 0 saturated heterocycles. The molecule has 21 heavy (non-hydrogen) atoms. The zero-order valence-electron chi connectivity index (χ0n) is 12.9. The molecule has 1 aliphatic rings. The van der Waals surface area contributed by atoms with E-state index in [1.54, 1.807) is 0 Å². The van der Waals surface area contributed by atoms with Crippen molar-refractivity contribution in [1.82, 2.24) is 10.3 Å². The smallest absolute Gasteiger partial charge is 0.0735 e. The molecular weight excluding hydrogens is 276 g/mol. The van der Waals surface area contributed by atoms with Crippen LogP contribution in [0, 0.1) is 0 Å². The quantitative estimate of drug-likeness (QED) is 0.835. The first-order valence-electron chi connectivity index (χ1n) is 8.34. The average Bonchev–Trinajstić information content (AvgIpc) is 2.88. The Bertz CT molecular complexity index is 530. The van der Waals surface area contributed by atoms with Crippen LogP contribution in [0.3, 0.4) is 0 Å². The fourth-order valence-corrected chi connectivity index (χ4v) is 4.73. The van der Waals surface area contributed by atoms with Crippen molar-refractivity contribution in [1.29, 1.82) is 0 Å². The van der Waals surface area contributed by atoms with E-state index < -0.39 is 0 Å². The molecule has 0 bridgehead atoms. The third-order valence-corrected chi connectivity index (χ3v) is 5.79. The normalized spacial score (nSPS) is 23.9. The summed E-state index contributed by atoms with van der Waals surface area (Å²) in [6.45, 7) is 3.30. The molecule has 2 unspecified atom stereocenters. The van der Waals surface area contributed by atoms with E-state index in [-0.39, 0.29) is 0 Å². The standard InChI is InChI=1S/C18H26N2S/c1-2-19-16-11-5-3-4-6-12-17(16)21-18-13-14-9-7-8-10-15(14)20-18/h7-10,13,16-17,19-20H,2-6,11-12H2,1H3. The van der Waals surface area contributed by atoms with Crippen molar-refractivity contribution < 1.29 is 0 Å². The number of aromatic amines is 1. The molecule has 2 N–H and O–H groups in total. The summed E-state index contributed by atoms with van der Waals surface area (Å²) in [5.74, 6) is 0. The van der Waals surface area contributed by atoms with E-state index >= 15 is 0 Å². The van der Waals surface area contributed by atoms with Gasteiger partial charge in [0.2, 0.25) is 0 Å². The molecule has 1 heterocycles. The lowest BCUT2D eigenvalue weighted by Gasteiger charge is -2.29. The second kappa shape index (κ2) is 7.37. The van der Waals surface area contributed by atoms with Gasteiger partial charge in [-0.1, -0.05) is 50.8 Å². The van der Waals surface area contributed by atoms with Crippen molar-refractivity contribution in [3.05, 3.63) is 30.3 Å². The summed E-state index contributed by atoms with van der Waals surface area (Å²) < 4.78 is 0. The maximum absolute atomic E-state index is 3.72. The van der Waals surface area contributed by atoms with E-state index in [1.165, 1.54) is 54.5 Å². The molecule has 0 spiro atoms. The number of hydrogen-bond acceptors (Lipinski definition) is 2. The molecule has 1 aliphatic carbocycles. The highest BCUT2D eigenvalue weighted by molar-refractivity contribution is 7.99. The molecule has 1 aromatic carbocycles. The van der Waals surface area contributed by atoms with Crippen molar-refractivity contribution in [2.24, 2.45) is 0 Å². The topological polar surface area (TPSA) is 27.8 Å². The van der Waals surface area contributed by atoms with Crippen LogP contribution < -0.4 is 5.32 Å². The lowest BCUT2D eigenvalue weighted by molar-refractivity contribution is 0.406. The maximum Gasteiger partial charge on any atom is 0.0735 e. The molecule has 0 radical (unpaired) electrons. The van der Waals surface area contributed by atoms with Gasteiger partial charge in [-0.05, 0) is 31.5 Å². The highest BCUT2D eigenvalue weighted by Crippen LogP contribution is 2.33. The number of benzene rings is 1. The van der Waals surface area contributed by atoms with Crippen LogP contribution in [0.4, 0.5) is 0 Å². The van der Waals surface area contributed by atoms with Gasteiger partial charge in [-0.25, -0.2) is 0 Å². The highest BCUT2D eigenvalue weighted by atomic mass is 32.2. The second-order valence-corrected chi connectivity index (χ2v) is 7.31. The molecule has 0 amide bonds. The Morgan fingerprint density at radius 2 is 1.95 bits per heavy atom. The zero-order valence-corrected chi connectivity index (χ0v) is 13.7. The van der Waals surface area contributed by atoms with Crippen LogP contribution in [-0.2, 0) is 0 Å². The summed E-state index contributed by atoms with van der Waals surface area (Å²) in [5.41, 5.74) is 1.26. The van der Waals surface area contributed by atoms with E-state index in [1.807, 2.05) is 11.8 Å². The number of thioether (sulfide) groups is 1. The summed E-state index contributed by atoms with van der Waals surface area (Å²) in [6, 6.07) is 11.5. The minimum atomic E-state index is 0.659. The van der Waals surface area contributed by atoms with Gasteiger partial charge in [-0.15, -0.1) is 11.8 Å². The summed E-state index contributed by atoms with van der Waals surface area (Å²) in [5, 5.41) is 7.06. The third kappa shape index (κ3) is 3.83. The molecule has 2 nitrogen and oxygen atoms in total. The first kappa shape index (κ1) is 15.0. The molecule has 114 valence electrons. The van der Waals surface area contributed by atoms with Crippen molar-refractivity contribution in [2.45, 2.75) is 61.8 Å². The van der Waals surface area contributed by atoms with E-state index in [9.17, 15) is 0 Å². The van der Waals surface area contributed by atoms with Crippen LogP contribution in [-0.4, -0.2) is 22.8 Å². The van der Waals surface area contributed by atoms with E-state index in [0.29, 0.717) is 11.3 Å². The molecule has 1 saturated carbocycles. The third-order valence-electron chi connectivity index (χ3n) is 4.45. The van der Waals surface area contributed by atoms with Gasteiger partial charge in [0, 0.05) is 22.2 Å². The number of aromatic nitrogens is 1. The fourth-order valence-electron chi connectivity index (χ4n) is 3.36. The molecule has 3 heteroatoms. The van der Waals surface area contributed by atoms with Gasteiger partial charge in [-0.2, -0.15) is 0 Å². The van der Waals surface area contributed by atoms with Gasteiger partial charge in [0.25, 0.3) is 0 Å². The summed E-state index contributed by atoms with van der Waals surface area (Å²) >= 11 is 2.04. The minimum absolute atomic E-state index is 0.659. The van der Waals surface area contributed by atoms with Crippen LogP contribution >= 0.6 is 11.8 Å². The summed E-state index contributed by atoms with van der Waals surface area (Å²) in [4.78, 5) is 3.58. The molecule has 0 aliphatic heterocycles. The number of nitrogens with one attached hydrogen (secondary N) is 2. The number of para-hydroxylation sites is 1. The lowest BCUT2D eigenvalue weighted by Crippen LogP contribution is -2.38. The van der Waals surface area contributed by atoms with Crippen molar-refractivity contribution in [3.63, 3.8) is 0 Å². The number of rotatable bonds is 4. The highest BCUT2D eigenvalue weighted by Gasteiger charge is 2.23. The van der Waals surface area contributed by atoms with Gasteiger partial charge in [0.05, 0.1) is 5.03 Å². The molecule has 2 atom stereocenters. The Kier molecular flexibility index (Phi) is 5.26. The minimum Gasteiger partial charge on any atom is -0.350 e. The van der Waals surface area contributed by atoms with Crippen molar-refractivity contribution >= 4 is 22.7 Å². The largest absolute Gasteiger partial charge is 0.350 e. The van der Waals surface area contributed by atoms with Crippen LogP contribution in [0.2, 0.25) is 0 Å². The molecular formula is C18H26N2S. The molecule has 2 aromatic rings. The van der Waals surface area contributed by atoms with Crippen molar-refractivity contribution in [3.8, 4) is 0 Å². The Labute approximate surface area is 132 Å². The van der Waals surface area contributed by atoms with Crippen LogP contribution in [0.25, 0.3) is 10.9 Å². The van der Waals surface area contributed by atoms with E-state index in [4.69, 9.17) is 0 Å². The molecule has 1 fully saturated rings. The Morgan fingerprint density at radius 3 is 2.76 bits per heavy atom. The zero-order chi connectivity index (χ0) is 14.5. The number of hydrogen-bond donors (Lipinski definition) is 2. The molecule has 3 rings (SSSR count). The first-order valence-corrected chi connectivity index (χ1v) is 9.22. The van der Waals surface area contributed by atoms with Gasteiger partial charge < -0.3 is 10.3 Å². The van der Waals surface area contributed by atoms with Crippen molar-refractivity contribution in [2.75, 3.05) is 6.54 Å².